The van der Waals surface area contributed by atoms with Crippen LogP contribution in [0.2, 0.25) is 0 Å². The second kappa shape index (κ2) is 8.17. The molecule has 3 rings (SSSR count). The molecule has 1 N–H and O–H groups in total. The van der Waals surface area contributed by atoms with E-state index in [-0.39, 0.29) is 16.9 Å². The topological polar surface area (TPSA) is 64.1 Å². The molecule has 0 bridgehead atoms. The van der Waals surface area contributed by atoms with Gasteiger partial charge in [0.15, 0.2) is 0 Å². The van der Waals surface area contributed by atoms with Crippen molar-refractivity contribution in [2.24, 2.45) is 0 Å². The van der Waals surface area contributed by atoms with Gasteiger partial charge in [0.2, 0.25) is 5.91 Å². The van der Waals surface area contributed by atoms with Crippen molar-refractivity contribution >= 4 is 5.91 Å². The second-order valence-electron chi connectivity index (χ2n) is 8.10. The summed E-state index contributed by atoms with van der Waals surface area (Å²) in [6.07, 6.45) is 7.93. The molecule has 0 saturated carbocycles. The fourth-order valence-electron chi connectivity index (χ4n) is 4.28. The van der Waals surface area contributed by atoms with Crippen molar-refractivity contribution in [1.29, 1.82) is 0 Å². The van der Waals surface area contributed by atoms with Gasteiger partial charge in [0.05, 0.1) is 11.3 Å². The fraction of sp³-hybridized carbons (Fsp3) is 0.500. The van der Waals surface area contributed by atoms with Crippen LogP contribution in [0, 0.1) is 6.92 Å². The number of aryl methyl sites for hydroxylation is 1. The van der Waals surface area contributed by atoms with Crippen LogP contribution in [0.3, 0.4) is 0 Å². The summed E-state index contributed by atoms with van der Waals surface area (Å²) in [7, 11) is 0. The van der Waals surface area contributed by atoms with Gasteiger partial charge in [-0.25, -0.2) is 0 Å². The van der Waals surface area contributed by atoms with E-state index in [4.69, 9.17) is 4.74 Å². The molecule has 1 aliphatic rings. The van der Waals surface area contributed by atoms with Crippen LogP contribution in [0.25, 0.3) is 0 Å². The van der Waals surface area contributed by atoms with E-state index >= 15 is 0 Å². The molecule has 0 unspecified atom stereocenters. The number of rotatable bonds is 6. The number of nitrogens with one attached hydrogen (secondary N) is 1. The molecular weight excluding hydrogens is 338 g/mol. The summed E-state index contributed by atoms with van der Waals surface area (Å²) in [5.41, 5.74) is 2.97. The molecule has 27 heavy (non-hydrogen) atoms. The largest absolute Gasteiger partial charge is 0.376 e. The Balaban J connectivity index is 1.72. The van der Waals surface area contributed by atoms with E-state index in [1.807, 2.05) is 0 Å². The average Bonchev–Trinajstić information content (AvgIpc) is 2.62. The van der Waals surface area contributed by atoms with Crippen molar-refractivity contribution < 1.29 is 9.53 Å². The Bertz CT molecular complexity index is 776. The zero-order chi connectivity index (χ0) is 19.3. The van der Waals surface area contributed by atoms with Gasteiger partial charge in [0.25, 0.3) is 0 Å². The first kappa shape index (κ1) is 19.5. The van der Waals surface area contributed by atoms with Gasteiger partial charge in [-0.05, 0) is 44.7 Å². The third-order valence-electron chi connectivity index (χ3n) is 5.37. The van der Waals surface area contributed by atoms with E-state index in [0.717, 1.165) is 18.5 Å². The van der Waals surface area contributed by atoms with Crippen LogP contribution in [0.5, 0.6) is 0 Å². The number of hydrogen-bond acceptors (Lipinski definition) is 4. The van der Waals surface area contributed by atoms with E-state index in [9.17, 15) is 4.79 Å². The molecule has 1 aliphatic heterocycles. The van der Waals surface area contributed by atoms with E-state index in [1.54, 1.807) is 18.6 Å². The third kappa shape index (κ3) is 4.92. The minimum atomic E-state index is -0.236. The molecule has 1 saturated heterocycles. The average molecular weight is 367 g/mol. The first-order valence-electron chi connectivity index (χ1n) is 9.62. The lowest BCUT2D eigenvalue weighted by Gasteiger charge is -2.45. The standard InChI is InChI=1S/C22H29N3O2/c1-17-6-4-5-7-19(17)22(9-13-27-21(2,3)16-22)14-20(26)25-10-8-18-15-23-11-12-24-18/h4-7,11-12,15H,8-10,13-14,16H2,1-3H3,(H,25,26)/t22-/m0/s1. The Kier molecular flexibility index (Phi) is 5.90. The Labute approximate surface area is 161 Å². The summed E-state index contributed by atoms with van der Waals surface area (Å²) in [5, 5.41) is 3.07. The molecule has 5 nitrogen and oxygen atoms in total. The summed E-state index contributed by atoms with van der Waals surface area (Å²) in [5.74, 6) is 0.0832. The number of amides is 1. The van der Waals surface area contributed by atoms with Gasteiger partial charge < -0.3 is 10.1 Å². The normalized spacial score (nSPS) is 21.6. The van der Waals surface area contributed by atoms with E-state index < -0.39 is 0 Å². The van der Waals surface area contributed by atoms with Gasteiger partial charge in [0.1, 0.15) is 0 Å². The Morgan fingerprint density at radius 1 is 1.26 bits per heavy atom. The van der Waals surface area contributed by atoms with Crippen LogP contribution in [-0.4, -0.2) is 34.6 Å². The highest BCUT2D eigenvalue weighted by Gasteiger charge is 2.44. The lowest BCUT2D eigenvalue weighted by Crippen LogP contribution is -2.47. The maximum Gasteiger partial charge on any atom is 0.220 e. The first-order chi connectivity index (χ1) is 12.9. The number of benzene rings is 1. The molecule has 2 aromatic rings. The highest BCUT2D eigenvalue weighted by molar-refractivity contribution is 5.77. The molecular formula is C22H29N3O2. The minimum absolute atomic E-state index is 0.0832. The van der Waals surface area contributed by atoms with Gasteiger partial charge in [-0.1, -0.05) is 24.3 Å². The van der Waals surface area contributed by atoms with Crippen LogP contribution >= 0.6 is 0 Å². The lowest BCUT2D eigenvalue weighted by atomic mass is 9.66. The number of carbonyl (C=O) groups excluding carboxylic acids is 1. The van der Waals surface area contributed by atoms with E-state index in [1.165, 1.54) is 11.1 Å². The molecule has 144 valence electrons. The predicted octanol–water partition coefficient (Wildman–Crippen LogP) is 3.36. The molecule has 1 aromatic carbocycles. The van der Waals surface area contributed by atoms with E-state index in [0.29, 0.717) is 26.0 Å². The number of aromatic nitrogens is 2. The van der Waals surface area contributed by atoms with Gasteiger partial charge >= 0.3 is 0 Å². The fourth-order valence-corrected chi connectivity index (χ4v) is 4.28. The van der Waals surface area contributed by atoms with E-state index in [2.05, 4.69) is 60.3 Å². The summed E-state index contributed by atoms with van der Waals surface area (Å²) < 4.78 is 5.96. The monoisotopic (exact) mass is 367 g/mol. The molecule has 1 aromatic heterocycles. The molecule has 5 heteroatoms. The molecule has 1 fully saturated rings. The van der Waals surface area contributed by atoms with Crippen molar-refractivity contribution in [3.8, 4) is 0 Å². The molecule has 1 amide bonds. The minimum Gasteiger partial charge on any atom is -0.376 e. The van der Waals surface area contributed by atoms with Crippen molar-refractivity contribution in [1.82, 2.24) is 15.3 Å². The van der Waals surface area contributed by atoms with Crippen molar-refractivity contribution in [3.05, 3.63) is 59.7 Å². The maximum absolute atomic E-state index is 12.8. The highest BCUT2D eigenvalue weighted by atomic mass is 16.5. The smallest absolute Gasteiger partial charge is 0.220 e. The summed E-state index contributed by atoms with van der Waals surface area (Å²) in [6, 6.07) is 8.42. The SMILES string of the molecule is Cc1ccccc1[C@]1(CC(=O)NCCc2cnccn2)CCOC(C)(C)C1. The third-order valence-corrected chi connectivity index (χ3v) is 5.37. The zero-order valence-electron chi connectivity index (χ0n) is 16.5. The molecule has 2 heterocycles. The van der Waals surface area contributed by atoms with Crippen LogP contribution < -0.4 is 5.32 Å². The number of carbonyl (C=O) groups is 1. The Morgan fingerprint density at radius 2 is 2.07 bits per heavy atom. The van der Waals surface area contributed by atoms with Gasteiger partial charge in [-0.2, -0.15) is 0 Å². The Hall–Kier alpha value is -2.27. The van der Waals surface area contributed by atoms with Crippen molar-refractivity contribution in [3.63, 3.8) is 0 Å². The second-order valence-corrected chi connectivity index (χ2v) is 8.10. The van der Waals surface area contributed by atoms with Crippen LogP contribution in [0.1, 0.15) is 49.9 Å². The van der Waals surface area contributed by atoms with Crippen molar-refractivity contribution in [2.75, 3.05) is 13.2 Å². The number of hydrogen-bond donors (Lipinski definition) is 1. The molecule has 0 aliphatic carbocycles. The predicted molar refractivity (Wildman–Crippen MR) is 105 cm³/mol. The molecule has 0 radical (unpaired) electrons. The van der Waals surface area contributed by atoms with Gasteiger partial charge in [-0.3, -0.25) is 14.8 Å². The van der Waals surface area contributed by atoms with Crippen LogP contribution in [-0.2, 0) is 21.4 Å². The van der Waals surface area contributed by atoms with Gasteiger partial charge in [-0.15, -0.1) is 0 Å². The lowest BCUT2D eigenvalue weighted by molar-refractivity contribution is -0.126. The van der Waals surface area contributed by atoms with Crippen LogP contribution in [0.4, 0.5) is 0 Å². The zero-order valence-corrected chi connectivity index (χ0v) is 16.5. The quantitative estimate of drug-likeness (QED) is 0.850. The van der Waals surface area contributed by atoms with Crippen LogP contribution in [0.15, 0.2) is 42.9 Å². The summed E-state index contributed by atoms with van der Waals surface area (Å²) in [6.45, 7) is 7.61. The number of nitrogens with zero attached hydrogens (tertiary/aromatic N) is 2. The first-order valence-corrected chi connectivity index (χ1v) is 9.62. The highest BCUT2D eigenvalue weighted by Crippen LogP contribution is 2.45. The molecule has 0 spiro atoms. The van der Waals surface area contributed by atoms with Crippen molar-refractivity contribution in [2.45, 2.75) is 57.5 Å². The molecule has 1 atom stereocenters. The Morgan fingerprint density at radius 3 is 2.78 bits per heavy atom. The van der Waals surface area contributed by atoms with Gasteiger partial charge in [0, 0.05) is 50.0 Å². The summed E-state index contributed by atoms with van der Waals surface area (Å²) >= 11 is 0. The summed E-state index contributed by atoms with van der Waals surface area (Å²) in [4.78, 5) is 21.1. The maximum atomic E-state index is 12.8. The number of ether oxygens (including phenoxy) is 1.